The number of rotatable bonds is 7. The summed E-state index contributed by atoms with van der Waals surface area (Å²) in [5.74, 6) is -0.669. The maximum absolute atomic E-state index is 12.4. The molecule has 0 aliphatic carbocycles. The first-order chi connectivity index (χ1) is 13.3. The van der Waals surface area contributed by atoms with Crippen LogP contribution in [0.3, 0.4) is 0 Å². The number of benzene rings is 3. The molecule has 3 aromatic rings. The van der Waals surface area contributed by atoms with E-state index in [1.165, 1.54) is 19.2 Å². The number of carbonyl (C=O) groups is 1. The van der Waals surface area contributed by atoms with Gasteiger partial charge in [0.1, 0.15) is 5.75 Å². The Bertz CT molecular complexity index is 1120. The summed E-state index contributed by atoms with van der Waals surface area (Å²) in [5.41, 5.74) is 0.622. The lowest BCUT2D eigenvalue weighted by atomic mass is 10.1. The van der Waals surface area contributed by atoms with Crippen molar-refractivity contribution >= 4 is 33.0 Å². The van der Waals surface area contributed by atoms with Crippen molar-refractivity contribution in [1.29, 1.82) is 0 Å². The zero-order valence-electron chi connectivity index (χ0n) is 14.9. The van der Waals surface area contributed by atoms with Crippen LogP contribution in [-0.2, 0) is 14.8 Å². The molecular formula is C20H18N2O5S. The fourth-order valence-corrected chi connectivity index (χ4v) is 3.27. The van der Waals surface area contributed by atoms with Crippen LogP contribution in [0.2, 0.25) is 0 Å². The van der Waals surface area contributed by atoms with Crippen LogP contribution in [-0.4, -0.2) is 31.8 Å². The highest BCUT2D eigenvalue weighted by Gasteiger charge is 2.13. The third-order valence-electron chi connectivity index (χ3n) is 3.96. The van der Waals surface area contributed by atoms with Crippen molar-refractivity contribution < 1.29 is 23.1 Å². The van der Waals surface area contributed by atoms with Crippen molar-refractivity contribution in [2.45, 2.75) is 17.9 Å². The Morgan fingerprint density at radius 1 is 1.07 bits per heavy atom. The van der Waals surface area contributed by atoms with Gasteiger partial charge in [0.25, 0.3) is 10.0 Å². The lowest BCUT2D eigenvalue weighted by molar-refractivity contribution is -0.144. The molecule has 144 valence electrons. The minimum atomic E-state index is -3.79. The molecule has 2 N–H and O–H groups in total. The Hall–Kier alpha value is -3.39. The van der Waals surface area contributed by atoms with Crippen LogP contribution >= 0.6 is 0 Å². The molecule has 3 rings (SSSR count). The Kier molecular flexibility index (Phi) is 5.60. The first kappa shape index (κ1) is 19.4. The summed E-state index contributed by atoms with van der Waals surface area (Å²) >= 11 is 0. The van der Waals surface area contributed by atoms with Crippen molar-refractivity contribution in [1.82, 2.24) is 4.83 Å². The SMILES string of the molecule is CC(Oc1ccc(/C=N/NS(=O)(=O)c2ccc3ccccc3c2)cc1)C(=O)O. The molecule has 0 aromatic heterocycles. The van der Waals surface area contributed by atoms with E-state index in [0.717, 1.165) is 10.8 Å². The average molecular weight is 398 g/mol. The Labute approximate surface area is 162 Å². The highest BCUT2D eigenvalue weighted by Crippen LogP contribution is 2.19. The van der Waals surface area contributed by atoms with Gasteiger partial charge >= 0.3 is 5.97 Å². The zero-order chi connectivity index (χ0) is 20.1. The van der Waals surface area contributed by atoms with Gasteiger partial charge in [-0.1, -0.05) is 30.3 Å². The van der Waals surface area contributed by atoms with Gasteiger partial charge in [-0.15, -0.1) is 0 Å². The monoisotopic (exact) mass is 398 g/mol. The lowest BCUT2D eigenvalue weighted by Gasteiger charge is -2.10. The molecule has 28 heavy (non-hydrogen) atoms. The summed E-state index contributed by atoms with van der Waals surface area (Å²) in [5, 5.41) is 14.4. The number of fused-ring (bicyclic) bond motifs is 1. The minimum Gasteiger partial charge on any atom is -0.479 e. The number of ether oxygens (including phenoxy) is 1. The van der Waals surface area contributed by atoms with Crippen LogP contribution in [0.4, 0.5) is 0 Å². The molecule has 0 radical (unpaired) electrons. The summed E-state index contributed by atoms with van der Waals surface area (Å²) in [6.45, 7) is 1.43. The molecular weight excluding hydrogens is 380 g/mol. The lowest BCUT2D eigenvalue weighted by Crippen LogP contribution is -2.22. The maximum atomic E-state index is 12.4. The van der Waals surface area contributed by atoms with Gasteiger partial charge in [-0.05, 0) is 59.7 Å². The molecule has 0 fully saturated rings. The van der Waals surface area contributed by atoms with Gasteiger partial charge in [0, 0.05) is 0 Å². The molecule has 0 saturated heterocycles. The van der Waals surface area contributed by atoms with E-state index in [2.05, 4.69) is 9.93 Å². The first-order valence-electron chi connectivity index (χ1n) is 8.38. The summed E-state index contributed by atoms with van der Waals surface area (Å²) in [6, 6.07) is 18.8. The smallest absolute Gasteiger partial charge is 0.344 e. The van der Waals surface area contributed by atoms with Crippen LogP contribution in [0.5, 0.6) is 5.75 Å². The van der Waals surface area contributed by atoms with E-state index in [1.54, 1.807) is 36.4 Å². The standard InChI is InChI=1S/C20H18N2O5S/c1-14(20(23)24)27-18-9-6-15(7-10-18)13-21-22-28(25,26)19-11-8-16-4-2-3-5-17(16)12-19/h2-14,22H,1H3,(H,23,24)/b21-13+. The van der Waals surface area contributed by atoms with E-state index in [4.69, 9.17) is 9.84 Å². The van der Waals surface area contributed by atoms with Gasteiger partial charge in [-0.2, -0.15) is 13.5 Å². The molecule has 0 spiro atoms. The summed E-state index contributed by atoms with van der Waals surface area (Å²) in [6.07, 6.45) is 0.386. The topological polar surface area (TPSA) is 105 Å². The molecule has 0 heterocycles. The molecule has 1 atom stereocenters. The van der Waals surface area contributed by atoms with Crippen molar-refractivity contribution in [3.63, 3.8) is 0 Å². The number of carboxylic acid groups (broad SMARTS) is 1. The highest BCUT2D eigenvalue weighted by molar-refractivity contribution is 7.89. The predicted molar refractivity (Wildman–Crippen MR) is 106 cm³/mol. The molecule has 1 unspecified atom stereocenters. The van der Waals surface area contributed by atoms with Crippen LogP contribution in [0, 0.1) is 0 Å². The van der Waals surface area contributed by atoms with E-state index < -0.39 is 22.1 Å². The number of hydrazone groups is 1. The summed E-state index contributed by atoms with van der Waals surface area (Å²) in [4.78, 5) is 13.1. The number of sulfonamides is 1. The second-order valence-corrected chi connectivity index (χ2v) is 7.69. The van der Waals surface area contributed by atoms with E-state index in [1.807, 2.05) is 24.3 Å². The number of hydrogen-bond acceptors (Lipinski definition) is 5. The highest BCUT2D eigenvalue weighted by atomic mass is 32.2. The van der Waals surface area contributed by atoms with Crippen LogP contribution < -0.4 is 9.57 Å². The molecule has 0 aliphatic heterocycles. The van der Waals surface area contributed by atoms with E-state index >= 15 is 0 Å². The summed E-state index contributed by atoms with van der Waals surface area (Å²) in [7, 11) is -3.79. The number of aliphatic carboxylic acids is 1. The molecule has 3 aromatic carbocycles. The number of nitrogens with zero attached hydrogens (tertiary/aromatic N) is 1. The van der Waals surface area contributed by atoms with Crippen molar-refractivity contribution in [3.05, 3.63) is 72.3 Å². The molecule has 8 heteroatoms. The van der Waals surface area contributed by atoms with E-state index in [-0.39, 0.29) is 4.90 Å². The Balaban J connectivity index is 1.68. The zero-order valence-corrected chi connectivity index (χ0v) is 15.8. The van der Waals surface area contributed by atoms with Crippen molar-refractivity contribution in [2.75, 3.05) is 0 Å². The van der Waals surface area contributed by atoms with E-state index in [0.29, 0.717) is 11.3 Å². The Morgan fingerprint density at radius 3 is 2.43 bits per heavy atom. The van der Waals surface area contributed by atoms with Gasteiger partial charge in [0.2, 0.25) is 0 Å². The molecule has 0 aliphatic rings. The van der Waals surface area contributed by atoms with Crippen LogP contribution in [0.1, 0.15) is 12.5 Å². The fraction of sp³-hybridized carbons (Fsp3) is 0.100. The third kappa shape index (κ3) is 4.66. The van der Waals surface area contributed by atoms with Gasteiger partial charge in [-0.25, -0.2) is 9.63 Å². The second-order valence-electron chi connectivity index (χ2n) is 6.03. The van der Waals surface area contributed by atoms with Crippen molar-refractivity contribution in [3.8, 4) is 5.75 Å². The van der Waals surface area contributed by atoms with Gasteiger partial charge < -0.3 is 9.84 Å². The van der Waals surface area contributed by atoms with Gasteiger partial charge in [-0.3, -0.25) is 0 Å². The molecule has 0 amide bonds. The largest absolute Gasteiger partial charge is 0.479 e. The Morgan fingerprint density at radius 2 is 1.75 bits per heavy atom. The van der Waals surface area contributed by atoms with Crippen LogP contribution in [0.25, 0.3) is 10.8 Å². The normalized spacial score (nSPS) is 12.8. The number of carboxylic acids is 1. The molecule has 0 bridgehead atoms. The predicted octanol–water partition coefficient (Wildman–Crippen LogP) is 3.00. The number of hydrogen-bond donors (Lipinski definition) is 2. The quantitative estimate of drug-likeness (QED) is 0.470. The van der Waals surface area contributed by atoms with Crippen molar-refractivity contribution in [2.24, 2.45) is 5.10 Å². The first-order valence-corrected chi connectivity index (χ1v) is 9.87. The van der Waals surface area contributed by atoms with Gasteiger partial charge in [0.15, 0.2) is 6.10 Å². The number of nitrogens with one attached hydrogen (secondary N) is 1. The maximum Gasteiger partial charge on any atom is 0.344 e. The summed E-state index contributed by atoms with van der Waals surface area (Å²) < 4.78 is 30.0. The molecule has 0 saturated carbocycles. The third-order valence-corrected chi connectivity index (χ3v) is 5.18. The second kappa shape index (κ2) is 8.10. The van der Waals surface area contributed by atoms with E-state index in [9.17, 15) is 13.2 Å². The van der Waals surface area contributed by atoms with Gasteiger partial charge in [0.05, 0.1) is 11.1 Å². The minimum absolute atomic E-state index is 0.120. The molecule has 7 nitrogen and oxygen atoms in total. The van der Waals surface area contributed by atoms with Crippen LogP contribution in [0.15, 0.2) is 76.7 Å². The fourth-order valence-electron chi connectivity index (χ4n) is 2.44. The average Bonchev–Trinajstić information content (AvgIpc) is 2.68.